The molecule has 0 saturated heterocycles. The van der Waals surface area contributed by atoms with Crippen LogP contribution >= 0.6 is 0 Å². The van der Waals surface area contributed by atoms with Crippen molar-refractivity contribution in [3.8, 4) is 0 Å². The van der Waals surface area contributed by atoms with Crippen molar-refractivity contribution in [1.29, 1.82) is 0 Å². The lowest BCUT2D eigenvalue weighted by Gasteiger charge is -2.05. The highest BCUT2D eigenvalue weighted by Gasteiger charge is 2.15. The van der Waals surface area contributed by atoms with Gasteiger partial charge in [0.05, 0.1) is 6.61 Å². The second kappa shape index (κ2) is 5.09. The Hall–Kier alpha value is -1.91. The molecule has 0 fully saturated rings. The van der Waals surface area contributed by atoms with Crippen LogP contribution in [0.4, 0.5) is 5.82 Å². The second-order valence-corrected chi connectivity index (χ2v) is 2.84. The van der Waals surface area contributed by atoms with Crippen LogP contribution in [0.1, 0.15) is 12.5 Å². The molecule has 0 aromatic carbocycles. The largest absolute Gasteiger partial charge is 0.459 e. The summed E-state index contributed by atoms with van der Waals surface area (Å²) in [7, 11) is 0. The number of carbonyl (C=O) groups is 2. The van der Waals surface area contributed by atoms with E-state index in [2.05, 4.69) is 15.0 Å². The minimum Gasteiger partial charge on any atom is -0.459 e. The van der Waals surface area contributed by atoms with Crippen LogP contribution in [-0.4, -0.2) is 23.5 Å². The van der Waals surface area contributed by atoms with Crippen molar-refractivity contribution in [2.45, 2.75) is 13.8 Å². The van der Waals surface area contributed by atoms with Gasteiger partial charge in [-0.05, 0) is 25.5 Å². The minimum atomic E-state index is -0.900. The average molecular weight is 208 g/mol. The minimum absolute atomic E-state index is 0.174. The van der Waals surface area contributed by atoms with E-state index in [1.807, 2.05) is 0 Å². The molecule has 15 heavy (non-hydrogen) atoms. The molecule has 0 spiro atoms. The van der Waals surface area contributed by atoms with E-state index in [-0.39, 0.29) is 6.61 Å². The number of nitrogens with one attached hydrogen (secondary N) is 1. The van der Waals surface area contributed by atoms with Gasteiger partial charge in [-0.15, -0.1) is 0 Å². The fourth-order valence-corrected chi connectivity index (χ4v) is 0.972. The third-order valence-corrected chi connectivity index (χ3v) is 1.70. The summed E-state index contributed by atoms with van der Waals surface area (Å²) < 4.78 is 4.54. The maximum Gasteiger partial charge on any atom is 0.397 e. The number of nitrogens with zero attached hydrogens (tertiary/aromatic N) is 1. The standard InChI is InChI=1S/C10H12N2O3/c1-3-15-10(14)9(13)12-8-7(2)5-4-6-11-8/h4-6H,3H2,1-2H3,(H,11,12,13). The molecule has 1 heterocycles. The summed E-state index contributed by atoms with van der Waals surface area (Å²) in [6.07, 6.45) is 1.54. The molecule has 1 aromatic rings. The maximum absolute atomic E-state index is 11.2. The molecule has 80 valence electrons. The van der Waals surface area contributed by atoms with Crippen molar-refractivity contribution in [3.63, 3.8) is 0 Å². The topological polar surface area (TPSA) is 68.3 Å². The molecule has 1 aromatic heterocycles. The van der Waals surface area contributed by atoms with E-state index in [1.54, 1.807) is 26.0 Å². The number of hydrogen-bond donors (Lipinski definition) is 1. The Balaban J connectivity index is 2.67. The molecule has 1 N–H and O–H groups in total. The van der Waals surface area contributed by atoms with Crippen molar-refractivity contribution >= 4 is 17.7 Å². The molecule has 0 saturated carbocycles. The Labute approximate surface area is 87.5 Å². The van der Waals surface area contributed by atoms with Gasteiger partial charge in [-0.2, -0.15) is 0 Å². The number of carbonyl (C=O) groups excluding carboxylic acids is 2. The van der Waals surface area contributed by atoms with Crippen molar-refractivity contribution in [3.05, 3.63) is 23.9 Å². The summed E-state index contributed by atoms with van der Waals surface area (Å²) in [4.78, 5) is 26.1. The number of ether oxygens (including phenoxy) is 1. The van der Waals surface area contributed by atoms with E-state index in [0.717, 1.165) is 5.56 Å². The zero-order valence-electron chi connectivity index (χ0n) is 8.61. The predicted molar refractivity (Wildman–Crippen MR) is 54.2 cm³/mol. The Kier molecular flexibility index (Phi) is 3.79. The molecule has 0 aliphatic carbocycles. The molecule has 0 radical (unpaired) electrons. The zero-order chi connectivity index (χ0) is 11.3. The molecular formula is C10H12N2O3. The van der Waals surface area contributed by atoms with E-state index in [0.29, 0.717) is 5.82 Å². The van der Waals surface area contributed by atoms with Gasteiger partial charge < -0.3 is 10.1 Å². The summed E-state index contributed by atoms with van der Waals surface area (Å²) in [5, 5.41) is 2.37. The monoisotopic (exact) mass is 208 g/mol. The van der Waals surface area contributed by atoms with Gasteiger partial charge in [-0.25, -0.2) is 9.78 Å². The average Bonchev–Trinajstić information content (AvgIpc) is 2.21. The number of pyridine rings is 1. The summed E-state index contributed by atoms with van der Waals surface area (Å²) >= 11 is 0. The Morgan fingerprint density at radius 3 is 2.87 bits per heavy atom. The highest BCUT2D eigenvalue weighted by atomic mass is 16.5. The van der Waals surface area contributed by atoms with Crippen LogP contribution in [-0.2, 0) is 14.3 Å². The number of hydrogen-bond acceptors (Lipinski definition) is 4. The summed E-state index contributed by atoms with van der Waals surface area (Å²) in [5.74, 6) is -1.34. The van der Waals surface area contributed by atoms with Crippen LogP contribution in [0.25, 0.3) is 0 Å². The molecule has 0 unspecified atom stereocenters. The number of rotatable bonds is 2. The highest BCUT2D eigenvalue weighted by Crippen LogP contribution is 2.08. The van der Waals surface area contributed by atoms with Crippen molar-refractivity contribution < 1.29 is 14.3 Å². The van der Waals surface area contributed by atoms with E-state index in [4.69, 9.17) is 0 Å². The molecule has 5 nitrogen and oxygen atoms in total. The summed E-state index contributed by atoms with van der Waals surface area (Å²) in [5.41, 5.74) is 0.787. The first-order chi connectivity index (χ1) is 7.15. The third kappa shape index (κ3) is 3.05. The van der Waals surface area contributed by atoms with Crippen LogP contribution in [0.3, 0.4) is 0 Å². The molecule has 1 amide bonds. The fraction of sp³-hybridized carbons (Fsp3) is 0.300. The van der Waals surface area contributed by atoms with Gasteiger partial charge in [0.1, 0.15) is 5.82 Å². The molecule has 0 bridgehead atoms. The number of aryl methyl sites for hydroxylation is 1. The van der Waals surface area contributed by atoms with Gasteiger partial charge in [-0.1, -0.05) is 6.07 Å². The SMILES string of the molecule is CCOC(=O)C(=O)Nc1ncccc1C. The van der Waals surface area contributed by atoms with Crippen molar-refractivity contribution in [1.82, 2.24) is 4.98 Å². The van der Waals surface area contributed by atoms with Crippen LogP contribution in [0, 0.1) is 6.92 Å². The lowest BCUT2D eigenvalue weighted by Crippen LogP contribution is -2.25. The molecular weight excluding hydrogens is 196 g/mol. The van der Waals surface area contributed by atoms with Crippen LogP contribution in [0.15, 0.2) is 18.3 Å². The first-order valence-corrected chi connectivity index (χ1v) is 4.55. The van der Waals surface area contributed by atoms with E-state index in [1.165, 1.54) is 6.20 Å². The van der Waals surface area contributed by atoms with Gasteiger partial charge in [0.15, 0.2) is 0 Å². The first-order valence-electron chi connectivity index (χ1n) is 4.55. The van der Waals surface area contributed by atoms with Crippen molar-refractivity contribution in [2.75, 3.05) is 11.9 Å². The molecule has 0 atom stereocenters. The third-order valence-electron chi connectivity index (χ3n) is 1.70. The van der Waals surface area contributed by atoms with Gasteiger partial charge >= 0.3 is 11.9 Å². The van der Waals surface area contributed by atoms with E-state index in [9.17, 15) is 9.59 Å². The Morgan fingerprint density at radius 2 is 2.27 bits per heavy atom. The normalized spacial score (nSPS) is 9.47. The molecule has 0 aliphatic rings. The van der Waals surface area contributed by atoms with Crippen LogP contribution < -0.4 is 5.32 Å². The second-order valence-electron chi connectivity index (χ2n) is 2.84. The number of anilines is 1. The van der Waals surface area contributed by atoms with Crippen LogP contribution in [0.2, 0.25) is 0 Å². The maximum atomic E-state index is 11.2. The molecule has 0 aliphatic heterocycles. The zero-order valence-corrected chi connectivity index (χ0v) is 8.61. The smallest absolute Gasteiger partial charge is 0.397 e. The quantitative estimate of drug-likeness (QED) is 0.579. The van der Waals surface area contributed by atoms with Gasteiger partial charge in [0, 0.05) is 6.20 Å². The fourth-order valence-electron chi connectivity index (χ4n) is 0.972. The Morgan fingerprint density at radius 1 is 1.53 bits per heavy atom. The van der Waals surface area contributed by atoms with E-state index < -0.39 is 11.9 Å². The number of amides is 1. The van der Waals surface area contributed by atoms with Gasteiger partial charge in [0.2, 0.25) is 0 Å². The molecule has 1 rings (SSSR count). The van der Waals surface area contributed by atoms with Crippen LogP contribution in [0.5, 0.6) is 0 Å². The first kappa shape index (κ1) is 11.2. The van der Waals surface area contributed by atoms with Gasteiger partial charge in [-0.3, -0.25) is 4.79 Å². The lowest BCUT2D eigenvalue weighted by atomic mass is 10.3. The van der Waals surface area contributed by atoms with Gasteiger partial charge in [0.25, 0.3) is 0 Å². The highest BCUT2D eigenvalue weighted by molar-refractivity contribution is 6.37. The molecule has 5 heteroatoms. The predicted octanol–water partition coefficient (Wildman–Crippen LogP) is 0.892. The van der Waals surface area contributed by atoms with Crippen molar-refractivity contribution in [2.24, 2.45) is 0 Å². The summed E-state index contributed by atoms with van der Waals surface area (Å²) in [6, 6.07) is 3.53. The number of esters is 1. The lowest BCUT2D eigenvalue weighted by molar-refractivity contribution is -0.152. The summed E-state index contributed by atoms with van der Waals surface area (Å²) in [6.45, 7) is 3.60. The number of aromatic nitrogens is 1. The van der Waals surface area contributed by atoms with E-state index >= 15 is 0 Å². The Bertz CT molecular complexity index is 377.